The second-order valence-electron chi connectivity index (χ2n) is 29.5. The minimum atomic E-state index is -1.64. The number of likely N-dealkylation sites (tertiary alicyclic amines) is 1. The number of allylic oxidation sites excluding steroid dienone is 2. The molecule has 2 rings (SSSR count). The molecule has 0 bridgehead atoms. The number of hydrogen-bond acceptors (Lipinski definition) is 15. The smallest absolute Gasteiger partial charge is 0.256 e. The maximum absolute atomic E-state index is 15.6. The van der Waals surface area contributed by atoms with E-state index in [1.165, 1.54) is 111 Å². The van der Waals surface area contributed by atoms with Gasteiger partial charge in [-0.25, -0.2) is 0 Å². The van der Waals surface area contributed by atoms with Crippen LogP contribution in [-0.2, 0) is 57.5 Å². The van der Waals surface area contributed by atoms with Gasteiger partial charge in [-0.3, -0.25) is 52.7 Å². The van der Waals surface area contributed by atoms with E-state index in [2.05, 4.69) is 26.2 Å². The average Bonchev–Trinajstić information content (AvgIpc) is 0.825. The molecule has 2 fully saturated rings. The van der Waals surface area contributed by atoms with Crippen molar-refractivity contribution in [3.8, 4) is 0 Å². The molecule has 0 aromatic carbocycles. The lowest BCUT2D eigenvalue weighted by Gasteiger charge is -2.41. The Morgan fingerprint density at radius 3 is 1.49 bits per heavy atom. The van der Waals surface area contributed by atoms with Crippen molar-refractivity contribution in [2.24, 2.45) is 35.5 Å². The summed E-state index contributed by atoms with van der Waals surface area (Å²) in [5.74, 6) is -9.48. The summed E-state index contributed by atoms with van der Waals surface area (Å²) in [5.41, 5.74) is -1.04. The third-order valence-electron chi connectivity index (χ3n) is 18.9. The van der Waals surface area contributed by atoms with Gasteiger partial charge in [0.05, 0.1) is 11.7 Å². The first kappa shape index (κ1) is 86.2. The number of carbonyl (C=O) groups is 11. The fourth-order valence-corrected chi connectivity index (χ4v) is 13.7. The fourth-order valence-electron chi connectivity index (χ4n) is 12.4. The number of likely N-dealkylation sites (N-methyl/N-ethyl adjacent to an activating group) is 7. The first-order valence-electron chi connectivity index (χ1n) is 34.8. The SMILES string of the molecule is CC=CC[C@@H](C)[C@@H](O)[C@H]1C(=O)N[C@@H](CC)C(=O)N(C)[C@H](SCCN2CCCCC2)C(=O)N(C)[C@@H](CC(C)(C)OC)C(=O)N[C@@H](C(C)C)C(=O)N(C)[C@@H](CC(C)C)C(=O)N[C@@H](C)C(=O)N[C@H](C)C(=O)N(C)[C@@H](CC(C)C)C(=O)N(C)[C@@H](CC(C)C)C(=O)N(C)[C@@H](C(C)C)C(=O)N1C. The molecule has 550 valence electrons. The molecule has 2 saturated heterocycles. The molecule has 0 radical (unpaired) electrons. The summed E-state index contributed by atoms with van der Waals surface area (Å²) >= 11 is 1.19. The molecule has 2 heterocycles. The molecule has 26 heteroatoms. The molecule has 0 aromatic rings. The lowest BCUT2D eigenvalue weighted by Crippen LogP contribution is -2.64. The highest BCUT2D eigenvalue weighted by atomic mass is 32.2. The average molecular weight is 1380 g/mol. The third kappa shape index (κ3) is 24.2. The number of piperidine rings is 1. The monoisotopic (exact) mass is 1370 g/mol. The van der Waals surface area contributed by atoms with Crippen LogP contribution < -0.4 is 21.3 Å². The number of thioether (sulfide) groups is 1. The quantitative estimate of drug-likeness (QED) is 0.104. The van der Waals surface area contributed by atoms with E-state index >= 15 is 33.6 Å². The van der Waals surface area contributed by atoms with Crippen LogP contribution in [0, 0.1) is 35.5 Å². The molecule has 0 aliphatic carbocycles. The Kier molecular flexibility index (Phi) is 35.6. The van der Waals surface area contributed by atoms with Gasteiger partial charge < -0.3 is 70.3 Å². The van der Waals surface area contributed by atoms with E-state index in [9.17, 15) is 24.3 Å². The van der Waals surface area contributed by atoms with E-state index in [0.29, 0.717) is 18.7 Å². The molecule has 2 aliphatic rings. The maximum atomic E-state index is 15.6. The number of nitrogens with one attached hydrogen (secondary N) is 4. The van der Waals surface area contributed by atoms with Crippen molar-refractivity contribution < 1.29 is 62.6 Å². The molecule has 96 heavy (non-hydrogen) atoms. The van der Waals surface area contributed by atoms with Gasteiger partial charge in [-0.15, -0.1) is 11.8 Å². The Morgan fingerprint density at radius 1 is 0.531 bits per heavy atom. The predicted molar refractivity (Wildman–Crippen MR) is 376 cm³/mol. The number of methoxy groups -OCH3 is 1. The Labute approximate surface area is 579 Å². The maximum Gasteiger partial charge on any atom is 0.256 e. The normalized spacial score (nSPS) is 27.3. The summed E-state index contributed by atoms with van der Waals surface area (Å²) in [6.07, 6.45) is 5.83. The molecule has 13 atom stereocenters. The summed E-state index contributed by atoms with van der Waals surface area (Å²) in [4.78, 5) is 176. The Balaban J connectivity index is 3.14. The van der Waals surface area contributed by atoms with Crippen molar-refractivity contribution in [3.63, 3.8) is 0 Å². The number of aliphatic hydroxyl groups excluding tert-OH is 1. The van der Waals surface area contributed by atoms with Crippen LogP contribution in [0.25, 0.3) is 0 Å². The first-order chi connectivity index (χ1) is 44.5. The summed E-state index contributed by atoms with van der Waals surface area (Å²) in [6, 6.07) is -12.8. The molecule has 0 unspecified atom stereocenters. The van der Waals surface area contributed by atoms with E-state index in [1.54, 1.807) is 61.5 Å². The van der Waals surface area contributed by atoms with Crippen molar-refractivity contribution in [1.29, 1.82) is 0 Å². The third-order valence-corrected chi connectivity index (χ3v) is 20.1. The number of aliphatic hydroxyl groups is 1. The van der Waals surface area contributed by atoms with Crippen LogP contribution in [0.5, 0.6) is 0 Å². The first-order valence-corrected chi connectivity index (χ1v) is 35.9. The van der Waals surface area contributed by atoms with Gasteiger partial charge >= 0.3 is 0 Å². The minimum absolute atomic E-state index is 0.00506. The summed E-state index contributed by atoms with van der Waals surface area (Å²) in [5, 5.41) is 22.3. The highest BCUT2D eigenvalue weighted by Crippen LogP contribution is 2.29. The topological polar surface area (TPSA) is 291 Å². The van der Waals surface area contributed by atoms with Crippen molar-refractivity contribution in [1.82, 2.24) is 60.5 Å². The molecular weight excluding hydrogens is 1250 g/mol. The number of ether oxygens (including phenoxy) is 1. The van der Waals surface area contributed by atoms with Crippen LogP contribution in [-0.4, -0.2) is 269 Å². The lowest BCUT2D eigenvalue weighted by molar-refractivity contribution is -0.157. The highest BCUT2D eigenvalue weighted by molar-refractivity contribution is 8.00. The largest absolute Gasteiger partial charge is 0.390 e. The van der Waals surface area contributed by atoms with Crippen LogP contribution in [0.4, 0.5) is 0 Å². The summed E-state index contributed by atoms with van der Waals surface area (Å²) < 4.78 is 5.86. The Morgan fingerprint density at radius 2 is 1.00 bits per heavy atom. The lowest BCUT2D eigenvalue weighted by atomic mass is 9.91. The van der Waals surface area contributed by atoms with E-state index < -0.39 is 160 Å². The number of nitrogens with zero attached hydrogens (tertiary/aromatic N) is 8. The van der Waals surface area contributed by atoms with Gasteiger partial charge in [-0.05, 0) is 128 Å². The van der Waals surface area contributed by atoms with Crippen LogP contribution in [0.1, 0.15) is 175 Å². The zero-order chi connectivity index (χ0) is 73.7. The molecular formula is C70H126N12O13S. The number of amides is 11. The number of carbonyl (C=O) groups excluding carboxylic acids is 11. The summed E-state index contributed by atoms with van der Waals surface area (Å²) in [6.45, 7) is 32.1. The second kappa shape index (κ2) is 39.7. The predicted octanol–water partition coefficient (Wildman–Crippen LogP) is 4.58. The fraction of sp³-hybridized carbons (Fsp3) is 0.814. The Bertz CT molecular complexity index is 2630. The van der Waals surface area contributed by atoms with Gasteiger partial charge in [0.2, 0.25) is 59.1 Å². The van der Waals surface area contributed by atoms with Crippen LogP contribution in [0.15, 0.2) is 12.2 Å². The number of rotatable bonds is 20. The molecule has 5 N–H and O–H groups in total. The molecule has 25 nitrogen and oxygen atoms in total. The van der Waals surface area contributed by atoms with E-state index in [0.717, 1.165) is 37.3 Å². The zero-order valence-electron chi connectivity index (χ0n) is 63.1. The molecule has 11 amide bonds. The van der Waals surface area contributed by atoms with Gasteiger partial charge in [0, 0.05) is 75.2 Å². The van der Waals surface area contributed by atoms with Crippen molar-refractivity contribution in [2.45, 2.75) is 253 Å². The molecule has 0 saturated carbocycles. The molecule has 2 aliphatic heterocycles. The van der Waals surface area contributed by atoms with Crippen LogP contribution in [0.3, 0.4) is 0 Å². The standard InChI is InChI=1S/C70H126N12O13S/c1-26-28-32-46(13)57(83)56-61(87)73-49(27-2)63(89)81(24)69(96-36-35-82-33-30-29-31-34-82)68(94)78(21)53(40-70(16,17)95-25)60(86)74-54(44(9)10)66(92)75(18)50(37-41(3)4)59(85)71-47(14)58(84)72-48(15)62(88)76(19)51(38-42(5)6)64(90)77(20)52(39-43(7)8)65(91)79(22)55(45(11)12)67(93)80(56)23/h26,28,41-57,69,83H,27,29-40H2,1-25H3,(H,71,85)(H,72,84)(H,73,87)(H,74,86)/t46-,47+,48-,49+,50+,51+,52+,53+,54+,55+,56+,57-,69-/m1/s1. The second-order valence-corrected chi connectivity index (χ2v) is 30.6. The van der Waals surface area contributed by atoms with Crippen molar-refractivity contribution >= 4 is 76.7 Å². The van der Waals surface area contributed by atoms with Gasteiger partial charge in [0.25, 0.3) is 5.91 Å². The Hall–Kier alpha value is -5.86. The molecule has 0 aromatic heterocycles. The van der Waals surface area contributed by atoms with Gasteiger partial charge in [0.15, 0.2) is 5.37 Å². The van der Waals surface area contributed by atoms with E-state index in [1.807, 2.05) is 54.5 Å². The van der Waals surface area contributed by atoms with Crippen LogP contribution >= 0.6 is 11.8 Å². The summed E-state index contributed by atoms with van der Waals surface area (Å²) in [7, 11) is 11.5. The highest BCUT2D eigenvalue weighted by Gasteiger charge is 2.47. The van der Waals surface area contributed by atoms with Crippen molar-refractivity contribution in [2.75, 3.05) is 81.8 Å². The van der Waals surface area contributed by atoms with Gasteiger partial charge in [-0.2, -0.15) is 0 Å². The minimum Gasteiger partial charge on any atom is -0.390 e. The zero-order valence-corrected chi connectivity index (χ0v) is 63.9. The van der Waals surface area contributed by atoms with E-state index in [-0.39, 0.29) is 49.9 Å². The van der Waals surface area contributed by atoms with Crippen LogP contribution in [0.2, 0.25) is 0 Å². The van der Waals surface area contributed by atoms with Gasteiger partial charge in [-0.1, -0.05) is 102 Å². The number of hydrogen-bond donors (Lipinski definition) is 5. The van der Waals surface area contributed by atoms with E-state index in [4.69, 9.17) is 4.74 Å². The van der Waals surface area contributed by atoms with Crippen molar-refractivity contribution in [3.05, 3.63) is 12.2 Å². The molecule has 0 spiro atoms. The van der Waals surface area contributed by atoms with Gasteiger partial charge in [0.1, 0.15) is 60.4 Å².